The highest BCUT2D eigenvalue weighted by Gasteiger charge is 2.22. The van der Waals surface area contributed by atoms with Gasteiger partial charge in [0.25, 0.3) is 5.91 Å². The number of nitrogens with one attached hydrogen (secondary N) is 1. The first-order valence-corrected chi connectivity index (χ1v) is 10.0. The first-order chi connectivity index (χ1) is 13.6. The lowest BCUT2D eigenvalue weighted by Crippen LogP contribution is -2.35. The lowest BCUT2D eigenvalue weighted by atomic mass is 9.94. The molecule has 0 aromatic heterocycles. The molecule has 28 heavy (non-hydrogen) atoms. The summed E-state index contributed by atoms with van der Waals surface area (Å²) in [5.41, 5.74) is 8.85. The predicted octanol–water partition coefficient (Wildman–Crippen LogP) is 3.27. The third-order valence-electron chi connectivity index (χ3n) is 5.45. The predicted molar refractivity (Wildman–Crippen MR) is 111 cm³/mol. The van der Waals surface area contributed by atoms with E-state index in [-0.39, 0.29) is 23.8 Å². The molecule has 0 bridgehead atoms. The van der Waals surface area contributed by atoms with Gasteiger partial charge in [-0.3, -0.25) is 9.59 Å². The number of likely N-dealkylation sites (tertiary alicyclic amines) is 1. The molecule has 1 heterocycles. The second kappa shape index (κ2) is 9.51. The highest BCUT2D eigenvalue weighted by Crippen LogP contribution is 2.19. The van der Waals surface area contributed by atoms with Gasteiger partial charge in [0.2, 0.25) is 5.91 Å². The summed E-state index contributed by atoms with van der Waals surface area (Å²) in [6.45, 7) is 3.95. The van der Waals surface area contributed by atoms with E-state index in [1.807, 2.05) is 66.4 Å². The summed E-state index contributed by atoms with van der Waals surface area (Å²) >= 11 is 0. The molecule has 1 aliphatic rings. The minimum atomic E-state index is -0.342. The van der Waals surface area contributed by atoms with Gasteiger partial charge in [0.1, 0.15) is 0 Å². The lowest BCUT2D eigenvalue weighted by molar-refractivity contribution is -0.125. The molecular weight excluding hydrogens is 350 g/mol. The molecule has 5 nitrogen and oxygen atoms in total. The number of nitrogens with two attached hydrogens (primary N) is 1. The Kier molecular flexibility index (Phi) is 6.82. The minimum Gasteiger partial charge on any atom is -0.352 e. The molecule has 0 spiro atoms. The van der Waals surface area contributed by atoms with Crippen molar-refractivity contribution in [2.75, 3.05) is 13.1 Å². The Balaban J connectivity index is 1.52. The fourth-order valence-corrected chi connectivity index (χ4v) is 3.52. The Morgan fingerprint density at radius 3 is 2.29 bits per heavy atom. The van der Waals surface area contributed by atoms with Crippen molar-refractivity contribution in [1.82, 2.24) is 10.2 Å². The molecule has 0 aliphatic carbocycles. The van der Waals surface area contributed by atoms with Crippen LogP contribution in [0.2, 0.25) is 0 Å². The van der Waals surface area contributed by atoms with Gasteiger partial charge in [-0.1, -0.05) is 49.4 Å². The molecule has 5 heteroatoms. The quantitative estimate of drug-likeness (QED) is 0.809. The molecule has 0 saturated carbocycles. The first kappa shape index (κ1) is 20.1. The lowest BCUT2D eigenvalue weighted by Gasteiger charge is -2.26. The largest absolute Gasteiger partial charge is 0.352 e. The molecule has 3 N–H and O–H groups in total. The van der Waals surface area contributed by atoms with Crippen molar-refractivity contribution in [3.8, 4) is 0 Å². The zero-order chi connectivity index (χ0) is 19.9. The van der Waals surface area contributed by atoms with E-state index < -0.39 is 0 Å². The van der Waals surface area contributed by atoms with E-state index in [0.717, 1.165) is 37.1 Å². The fraction of sp³-hybridized carbons (Fsp3) is 0.391. The molecule has 2 aromatic rings. The Hall–Kier alpha value is -2.66. The second-order valence-electron chi connectivity index (χ2n) is 7.49. The average molecular weight is 380 g/mol. The Labute approximate surface area is 166 Å². The van der Waals surface area contributed by atoms with E-state index in [1.54, 1.807) is 0 Å². The van der Waals surface area contributed by atoms with Gasteiger partial charge in [0.15, 0.2) is 0 Å². The van der Waals surface area contributed by atoms with Crippen LogP contribution in [0, 0.1) is 5.92 Å². The molecule has 2 aromatic carbocycles. The van der Waals surface area contributed by atoms with Gasteiger partial charge >= 0.3 is 0 Å². The van der Waals surface area contributed by atoms with Crippen LogP contribution in [0.1, 0.15) is 53.7 Å². The summed E-state index contributed by atoms with van der Waals surface area (Å²) < 4.78 is 0. The highest BCUT2D eigenvalue weighted by atomic mass is 16.2. The first-order valence-electron chi connectivity index (χ1n) is 10.0. The maximum absolute atomic E-state index is 12.5. The van der Waals surface area contributed by atoms with Crippen LogP contribution in [0.4, 0.5) is 0 Å². The number of hydrogen-bond acceptors (Lipinski definition) is 3. The average Bonchev–Trinajstić information content (AvgIpc) is 2.77. The Bertz CT molecular complexity index is 783. The SMILES string of the molecule is CC(C(=O)NCc1ccc(C(=O)N2CCCCC2)cc1)C(N)c1ccccc1. The molecule has 2 unspecified atom stereocenters. The molecular formula is C23H29N3O2. The van der Waals surface area contributed by atoms with Crippen molar-refractivity contribution in [3.63, 3.8) is 0 Å². The maximum atomic E-state index is 12.5. The van der Waals surface area contributed by atoms with Crippen molar-refractivity contribution in [2.24, 2.45) is 11.7 Å². The van der Waals surface area contributed by atoms with Crippen molar-refractivity contribution >= 4 is 11.8 Å². The molecule has 3 rings (SSSR count). The van der Waals surface area contributed by atoms with Crippen LogP contribution < -0.4 is 11.1 Å². The monoisotopic (exact) mass is 379 g/mol. The van der Waals surface area contributed by atoms with Crippen molar-refractivity contribution in [1.29, 1.82) is 0 Å². The number of piperidine rings is 1. The summed E-state index contributed by atoms with van der Waals surface area (Å²) in [5, 5.41) is 2.95. The normalized spacial score (nSPS) is 16.3. The van der Waals surface area contributed by atoms with Gasteiger partial charge in [0.05, 0.1) is 5.92 Å². The number of hydrogen-bond donors (Lipinski definition) is 2. The summed E-state index contributed by atoms with van der Waals surface area (Å²) in [7, 11) is 0. The van der Waals surface area contributed by atoms with Gasteiger partial charge in [-0.15, -0.1) is 0 Å². The second-order valence-corrected chi connectivity index (χ2v) is 7.49. The Morgan fingerprint density at radius 1 is 1.00 bits per heavy atom. The summed E-state index contributed by atoms with van der Waals surface area (Å²) in [6, 6.07) is 16.8. The maximum Gasteiger partial charge on any atom is 0.253 e. The van der Waals surface area contributed by atoms with Crippen molar-refractivity contribution < 1.29 is 9.59 Å². The number of nitrogens with zero attached hydrogens (tertiary/aromatic N) is 1. The molecule has 1 fully saturated rings. The van der Waals surface area contributed by atoms with Gasteiger partial charge in [0, 0.05) is 31.2 Å². The van der Waals surface area contributed by atoms with Crippen LogP contribution in [0.25, 0.3) is 0 Å². The highest BCUT2D eigenvalue weighted by molar-refractivity contribution is 5.94. The minimum absolute atomic E-state index is 0.0789. The summed E-state index contributed by atoms with van der Waals surface area (Å²) in [6.07, 6.45) is 3.37. The van der Waals surface area contributed by atoms with Crippen LogP contribution in [-0.2, 0) is 11.3 Å². The number of carbonyl (C=O) groups excluding carboxylic acids is 2. The van der Waals surface area contributed by atoms with Gasteiger partial charge in [-0.2, -0.15) is 0 Å². The summed E-state index contributed by atoms with van der Waals surface area (Å²) in [5.74, 6) is -0.315. The Morgan fingerprint density at radius 2 is 1.64 bits per heavy atom. The zero-order valence-electron chi connectivity index (χ0n) is 16.4. The number of amides is 2. The molecule has 2 atom stereocenters. The van der Waals surface area contributed by atoms with E-state index in [0.29, 0.717) is 12.1 Å². The smallest absolute Gasteiger partial charge is 0.253 e. The third-order valence-corrected chi connectivity index (χ3v) is 5.45. The van der Waals surface area contributed by atoms with Crippen LogP contribution >= 0.6 is 0 Å². The van der Waals surface area contributed by atoms with Gasteiger partial charge in [-0.05, 0) is 42.5 Å². The molecule has 148 valence electrons. The molecule has 0 radical (unpaired) electrons. The zero-order valence-corrected chi connectivity index (χ0v) is 16.4. The fourth-order valence-electron chi connectivity index (χ4n) is 3.52. The van der Waals surface area contributed by atoms with E-state index in [1.165, 1.54) is 6.42 Å². The summed E-state index contributed by atoms with van der Waals surface area (Å²) in [4.78, 5) is 26.9. The van der Waals surface area contributed by atoms with Crippen molar-refractivity contribution in [2.45, 2.75) is 38.8 Å². The van der Waals surface area contributed by atoms with Gasteiger partial charge < -0.3 is 16.0 Å². The van der Waals surface area contributed by atoms with E-state index in [4.69, 9.17) is 5.73 Å². The van der Waals surface area contributed by atoms with E-state index in [2.05, 4.69) is 5.32 Å². The van der Waals surface area contributed by atoms with Crippen molar-refractivity contribution in [3.05, 3.63) is 71.3 Å². The number of carbonyl (C=O) groups is 2. The van der Waals surface area contributed by atoms with Gasteiger partial charge in [-0.25, -0.2) is 0 Å². The van der Waals surface area contributed by atoms with E-state index >= 15 is 0 Å². The van der Waals surface area contributed by atoms with Crippen LogP contribution in [0.5, 0.6) is 0 Å². The number of benzene rings is 2. The third kappa shape index (κ3) is 4.98. The topological polar surface area (TPSA) is 75.4 Å². The van der Waals surface area contributed by atoms with Crippen LogP contribution in [0.15, 0.2) is 54.6 Å². The van der Waals surface area contributed by atoms with Crippen LogP contribution in [0.3, 0.4) is 0 Å². The molecule has 2 amide bonds. The van der Waals surface area contributed by atoms with Crippen LogP contribution in [-0.4, -0.2) is 29.8 Å². The molecule has 1 aliphatic heterocycles. The van der Waals surface area contributed by atoms with E-state index in [9.17, 15) is 9.59 Å². The molecule has 1 saturated heterocycles. The number of rotatable bonds is 6. The standard InChI is InChI=1S/C23H29N3O2/c1-17(21(24)19-8-4-2-5-9-19)22(27)25-16-18-10-12-20(13-11-18)23(28)26-14-6-3-7-15-26/h2,4-5,8-13,17,21H,3,6-7,14-16,24H2,1H3,(H,25,27).